The Labute approximate surface area is 112 Å². The topological polar surface area (TPSA) is 48.4 Å². The van der Waals surface area contributed by atoms with Gasteiger partial charge in [-0.1, -0.05) is 18.2 Å². The highest BCUT2D eigenvalue weighted by atomic mass is 16.5. The lowest BCUT2D eigenvalue weighted by Crippen LogP contribution is -2.05. The highest BCUT2D eigenvalue weighted by Gasteiger charge is 1.96. The van der Waals surface area contributed by atoms with Gasteiger partial charge in [-0.25, -0.2) is 4.98 Å². The monoisotopic (exact) mass is 257 g/mol. The summed E-state index contributed by atoms with van der Waals surface area (Å²) in [4.78, 5) is 14.4. The fraction of sp³-hybridized carbons (Fsp3) is 0.200. The van der Waals surface area contributed by atoms with Gasteiger partial charge in [-0.2, -0.15) is 0 Å². The average molecular weight is 257 g/mol. The van der Waals surface area contributed by atoms with Crippen molar-refractivity contribution in [1.82, 2.24) is 4.98 Å². The molecule has 0 fully saturated rings. The van der Waals surface area contributed by atoms with Crippen molar-refractivity contribution in [3.8, 4) is 11.5 Å². The van der Waals surface area contributed by atoms with E-state index in [9.17, 15) is 4.79 Å². The number of aromatic nitrogens is 1. The average Bonchev–Trinajstić information content (AvgIpc) is 2.49. The summed E-state index contributed by atoms with van der Waals surface area (Å²) < 4.78 is 11.0. The molecule has 0 unspecified atom stereocenters. The first-order valence-corrected chi connectivity index (χ1v) is 6.10. The van der Waals surface area contributed by atoms with Crippen LogP contribution in [0.5, 0.6) is 11.5 Å². The molecule has 2 aromatic rings. The lowest BCUT2D eigenvalue weighted by molar-refractivity contribution is 0.111. The molecule has 0 N–H and O–H groups in total. The number of nitrogens with zero attached hydrogens (tertiary/aromatic N) is 1. The summed E-state index contributed by atoms with van der Waals surface area (Å²) >= 11 is 0. The quantitative estimate of drug-likeness (QED) is 0.565. The van der Waals surface area contributed by atoms with Crippen molar-refractivity contribution in [2.45, 2.75) is 6.42 Å². The molecule has 4 heteroatoms. The summed E-state index contributed by atoms with van der Waals surface area (Å²) in [5.41, 5.74) is 0.403. The lowest BCUT2D eigenvalue weighted by atomic mass is 10.3. The van der Waals surface area contributed by atoms with E-state index in [1.165, 1.54) is 0 Å². The molecule has 0 aliphatic carbocycles. The summed E-state index contributed by atoms with van der Waals surface area (Å²) in [6.45, 7) is 1.15. The fourth-order valence-corrected chi connectivity index (χ4v) is 1.50. The van der Waals surface area contributed by atoms with E-state index in [1.54, 1.807) is 18.3 Å². The molecule has 0 radical (unpaired) electrons. The molecule has 0 aliphatic heterocycles. The minimum absolute atomic E-state index is 0.403. The summed E-state index contributed by atoms with van der Waals surface area (Å²) in [5, 5.41) is 0. The number of hydrogen-bond acceptors (Lipinski definition) is 4. The maximum Gasteiger partial charge on any atom is 0.168 e. The molecule has 1 aromatic heterocycles. The van der Waals surface area contributed by atoms with Gasteiger partial charge in [0.1, 0.15) is 17.2 Å². The van der Waals surface area contributed by atoms with Gasteiger partial charge in [0, 0.05) is 6.42 Å². The molecule has 0 spiro atoms. The van der Waals surface area contributed by atoms with Crippen LogP contribution < -0.4 is 9.47 Å². The second-order valence-corrected chi connectivity index (χ2v) is 3.90. The second-order valence-electron chi connectivity index (χ2n) is 3.90. The van der Waals surface area contributed by atoms with Crippen LogP contribution in [-0.4, -0.2) is 24.5 Å². The van der Waals surface area contributed by atoms with Crippen LogP contribution in [0.25, 0.3) is 0 Å². The van der Waals surface area contributed by atoms with E-state index in [-0.39, 0.29) is 0 Å². The zero-order valence-electron chi connectivity index (χ0n) is 10.5. The number of aldehydes is 1. The molecule has 1 heterocycles. The fourth-order valence-electron chi connectivity index (χ4n) is 1.50. The highest BCUT2D eigenvalue weighted by molar-refractivity contribution is 5.71. The van der Waals surface area contributed by atoms with Crippen molar-refractivity contribution in [1.29, 1.82) is 0 Å². The van der Waals surface area contributed by atoms with Gasteiger partial charge in [0.05, 0.1) is 19.4 Å². The van der Waals surface area contributed by atoms with Crippen LogP contribution in [0.15, 0.2) is 48.7 Å². The van der Waals surface area contributed by atoms with Crippen LogP contribution in [-0.2, 0) is 0 Å². The zero-order chi connectivity index (χ0) is 13.3. The van der Waals surface area contributed by atoms with Gasteiger partial charge in [-0.3, -0.25) is 4.79 Å². The largest absolute Gasteiger partial charge is 0.493 e. The normalized spacial score (nSPS) is 9.89. The number of benzene rings is 1. The van der Waals surface area contributed by atoms with Crippen LogP contribution in [0.4, 0.5) is 0 Å². The Bertz CT molecular complexity index is 497. The summed E-state index contributed by atoms with van der Waals surface area (Å²) in [7, 11) is 0. The van der Waals surface area contributed by atoms with E-state index in [1.807, 2.05) is 30.3 Å². The Morgan fingerprint density at radius 2 is 1.68 bits per heavy atom. The Hall–Kier alpha value is -2.36. The molecule has 0 saturated heterocycles. The van der Waals surface area contributed by atoms with Crippen LogP contribution in [0.1, 0.15) is 16.9 Å². The number of carbonyl (C=O) groups excluding carboxylic acids is 1. The molecule has 0 aliphatic rings. The Morgan fingerprint density at radius 1 is 0.947 bits per heavy atom. The van der Waals surface area contributed by atoms with E-state index in [2.05, 4.69) is 4.98 Å². The standard InChI is InChI=1S/C15H15NO3/c17-12-13-7-8-15(11-16-13)19-10-4-9-18-14-5-2-1-3-6-14/h1-3,5-8,11-12H,4,9-10H2. The van der Waals surface area contributed by atoms with Crippen LogP contribution in [0.3, 0.4) is 0 Å². The smallest absolute Gasteiger partial charge is 0.168 e. The van der Waals surface area contributed by atoms with Crippen molar-refractivity contribution < 1.29 is 14.3 Å². The molecule has 2 rings (SSSR count). The SMILES string of the molecule is O=Cc1ccc(OCCCOc2ccccc2)cn1. The van der Waals surface area contributed by atoms with Gasteiger partial charge < -0.3 is 9.47 Å². The van der Waals surface area contributed by atoms with Gasteiger partial charge in [-0.15, -0.1) is 0 Å². The summed E-state index contributed by atoms with van der Waals surface area (Å²) in [6.07, 6.45) is 3.03. The maximum atomic E-state index is 10.4. The van der Waals surface area contributed by atoms with Crippen molar-refractivity contribution >= 4 is 6.29 Å². The van der Waals surface area contributed by atoms with Gasteiger partial charge in [0.15, 0.2) is 6.29 Å². The molecule has 0 saturated carbocycles. The molecule has 0 bridgehead atoms. The first-order chi connectivity index (χ1) is 9.38. The zero-order valence-corrected chi connectivity index (χ0v) is 10.5. The molecule has 1 aromatic carbocycles. The number of hydrogen-bond donors (Lipinski definition) is 0. The Kier molecular flexibility index (Phi) is 4.93. The highest BCUT2D eigenvalue weighted by Crippen LogP contribution is 2.10. The minimum atomic E-state index is 0.403. The Morgan fingerprint density at radius 3 is 2.32 bits per heavy atom. The first-order valence-electron chi connectivity index (χ1n) is 6.10. The van der Waals surface area contributed by atoms with Crippen molar-refractivity contribution in [2.24, 2.45) is 0 Å². The Balaban J connectivity index is 1.65. The van der Waals surface area contributed by atoms with E-state index in [4.69, 9.17) is 9.47 Å². The first kappa shape index (κ1) is 13.1. The molecule has 19 heavy (non-hydrogen) atoms. The van der Waals surface area contributed by atoms with E-state index >= 15 is 0 Å². The second kappa shape index (κ2) is 7.16. The van der Waals surface area contributed by atoms with Gasteiger partial charge in [-0.05, 0) is 24.3 Å². The van der Waals surface area contributed by atoms with Crippen molar-refractivity contribution in [2.75, 3.05) is 13.2 Å². The predicted octanol–water partition coefficient (Wildman–Crippen LogP) is 2.74. The van der Waals surface area contributed by atoms with Crippen LogP contribution in [0.2, 0.25) is 0 Å². The number of para-hydroxylation sites is 1. The van der Waals surface area contributed by atoms with E-state index < -0.39 is 0 Å². The number of rotatable bonds is 7. The van der Waals surface area contributed by atoms with Crippen molar-refractivity contribution in [3.63, 3.8) is 0 Å². The molecule has 0 atom stereocenters. The molecular weight excluding hydrogens is 242 g/mol. The van der Waals surface area contributed by atoms with Gasteiger partial charge in [0.25, 0.3) is 0 Å². The van der Waals surface area contributed by atoms with Gasteiger partial charge in [0.2, 0.25) is 0 Å². The third-order valence-electron chi connectivity index (χ3n) is 2.45. The predicted molar refractivity (Wildman–Crippen MR) is 71.7 cm³/mol. The number of carbonyl (C=O) groups is 1. The minimum Gasteiger partial charge on any atom is -0.493 e. The summed E-state index contributed by atoms with van der Waals surface area (Å²) in [5.74, 6) is 1.52. The maximum absolute atomic E-state index is 10.4. The van der Waals surface area contributed by atoms with Gasteiger partial charge >= 0.3 is 0 Å². The molecule has 0 amide bonds. The number of pyridine rings is 1. The third-order valence-corrected chi connectivity index (χ3v) is 2.45. The lowest BCUT2D eigenvalue weighted by Gasteiger charge is -2.07. The number of ether oxygens (including phenoxy) is 2. The molecule has 98 valence electrons. The summed E-state index contributed by atoms with van der Waals surface area (Å²) in [6, 6.07) is 13.0. The van der Waals surface area contributed by atoms with E-state index in [0.717, 1.165) is 12.2 Å². The van der Waals surface area contributed by atoms with Crippen molar-refractivity contribution in [3.05, 3.63) is 54.4 Å². The van der Waals surface area contributed by atoms with Crippen LogP contribution in [0, 0.1) is 0 Å². The molecule has 4 nitrogen and oxygen atoms in total. The molecular formula is C15H15NO3. The van der Waals surface area contributed by atoms with Crippen LogP contribution >= 0.6 is 0 Å². The van der Waals surface area contributed by atoms with E-state index in [0.29, 0.717) is 30.9 Å². The third kappa shape index (κ3) is 4.43.